The van der Waals surface area contributed by atoms with Gasteiger partial charge in [0.15, 0.2) is 0 Å². The van der Waals surface area contributed by atoms with E-state index < -0.39 is 6.10 Å². The zero-order valence-electron chi connectivity index (χ0n) is 14.8. The van der Waals surface area contributed by atoms with Gasteiger partial charge < -0.3 is 19.2 Å². The average Bonchev–Trinajstić information content (AvgIpc) is 3.16. The number of hydrogen-bond donors (Lipinski definition) is 1. The van der Waals surface area contributed by atoms with Gasteiger partial charge >= 0.3 is 0 Å². The average molecular weight is 353 g/mol. The minimum Gasteiger partial charge on any atom is -0.467 e. The Balaban J connectivity index is 1.78. The fourth-order valence-electron chi connectivity index (χ4n) is 2.41. The SMILES string of the molecule is Cc1ccc(CN(CCN(C)C)CC(O)COCc2ccco2)s1. The monoisotopic (exact) mass is 352 g/mol. The Labute approximate surface area is 148 Å². The van der Waals surface area contributed by atoms with E-state index in [4.69, 9.17) is 9.15 Å². The van der Waals surface area contributed by atoms with E-state index in [0.29, 0.717) is 19.8 Å². The van der Waals surface area contributed by atoms with Crippen molar-refractivity contribution in [2.75, 3.05) is 40.3 Å². The minimum atomic E-state index is -0.511. The Morgan fingerprint density at radius 1 is 1.25 bits per heavy atom. The molecule has 1 atom stereocenters. The fourth-order valence-corrected chi connectivity index (χ4v) is 3.34. The number of nitrogens with zero attached hydrogens (tertiary/aromatic N) is 2. The summed E-state index contributed by atoms with van der Waals surface area (Å²) in [6, 6.07) is 8.02. The number of thiophene rings is 1. The van der Waals surface area contributed by atoms with Gasteiger partial charge in [-0.3, -0.25) is 4.90 Å². The molecule has 0 saturated heterocycles. The van der Waals surface area contributed by atoms with Crippen LogP contribution in [0.3, 0.4) is 0 Å². The predicted molar refractivity (Wildman–Crippen MR) is 97.3 cm³/mol. The van der Waals surface area contributed by atoms with Gasteiger partial charge in [-0.1, -0.05) is 0 Å². The Hall–Kier alpha value is -1.18. The maximum atomic E-state index is 10.3. The summed E-state index contributed by atoms with van der Waals surface area (Å²) in [6.45, 7) is 6.16. The van der Waals surface area contributed by atoms with E-state index in [9.17, 15) is 5.11 Å². The number of likely N-dealkylation sites (N-methyl/N-ethyl adjacent to an activating group) is 1. The van der Waals surface area contributed by atoms with Crippen LogP contribution in [0.25, 0.3) is 0 Å². The van der Waals surface area contributed by atoms with Crippen LogP contribution >= 0.6 is 11.3 Å². The summed E-state index contributed by atoms with van der Waals surface area (Å²) in [5, 5.41) is 10.3. The number of hydrogen-bond acceptors (Lipinski definition) is 6. The lowest BCUT2D eigenvalue weighted by Crippen LogP contribution is -2.38. The third-order valence-electron chi connectivity index (χ3n) is 3.64. The van der Waals surface area contributed by atoms with Gasteiger partial charge in [0.05, 0.1) is 19.0 Å². The van der Waals surface area contributed by atoms with Crippen LogP contribution in [0.15, 0.2) is 34.9 Å². The molecular formula is C18H28N2O3S. The van der Waals surface area contributed by atoms with Crippen LogP contribution in [0.4, 0.5) is 0 Å². The molecule has 0 radical (unpaired) electrons. The lowest BCUT2D eigenvalue weighted by atomic mass is 10.3. The molecule has 0 spiro atoms. The summed E-state index contributed by atoms with van der Waals surface area (Å²) in [6.07, 6.45) is 1.12. The molecule has 2 heterocycles. The molecule has 1 N–H and O–H groups in total. The molecule has 5 nitrogen and oxygen atoms in total. The van der Waals surface area contributed by atoms with Crippen molar-refractivity contribution in [1.29, 1.82) is 0 Å². The van der Waals surface area contributed by atoms with E-state index in [2.05, 4.69) is 43.0 Å². The molecule has 0 aliphatic rings. The zero-order chi connectivity index (χ0) is 17.4. The number of aliphatic hydroxyl groups is 1. The highest BCUT2D eigenvalue weighted by Gasteiger charge is 2.14. The molecule has 0 fully saturated rings. The smallest absolute Gasteiger partial charge is 0.129 e. The molecule has 0 aliphatic carbocycles. The Bertz CT molecular complexity index is 569. The molecule has 0 aliphatic heterocycles. The van der Waals surface area contributed by atoms with Gasteiger partial charge in [-0.05, 0) is 45.3 Å². The van der Waals surface area contributed by atoms with Gasteiger partial charge in [0.1, 0.15) is 12.4 Å². The number of aliphatic hydroxyl groups excluding tert-OH is 1. The maximum Gasteiger partial charge on any atom is 0.129 e. The van der Waals surface area contributed by atoms with E-state index in [1.54, 1.807) is 6.26 Å². The van der Waals surface area contributed by atoms with Crippen molar-refractivity contribution >= 4 is 11.3 Å². The largest absolute Gasteiger partial charge is 0.467 e. The number of aryl methyl sites for hydroxylation is 1. The number of furan rings is 1. The van der Waals surface area contributed by atoms with Crippen molar-refractivity contribution in [3.8, 4) is 0 Å². The highest BCUT2D eigenvalue weighted by Crippen LogP contribution is 2.17. The molecule has 6 heteroatoms. The van der Waals surface area contributed by atoms with Gasteiger partial charge in [0, 0.05) is 35.9 Å². The first-order valence-corrected chi connectivity index (χ1v) is 9.05. The highest BCUT2D eigenvalue weighted by molar-refractivity contribution is 7.11. The number of ether oxygens (including phenoxy) is 1. The lowest BCUT2D eigenvalue weighted by molar-refractivity contribution is 0.00327. The quantitative estimate of drug-likeness (QED) is 0.674. The van der Waals surface area contributed by atoms with Crippen molar-refractivity contribution in [3.05, 3.63) is 46.0 Å². The summed E-state index contributed by atoms with van der Waals surface area (Å²) in [5.74, 6) is 0.778. The van der Waals surface area contributed by atoms with Crippen molar-refractivity contribution < 1.29 is 14.3 Å². The second-order valence-corrected chi connectivity index (χ2v) is 7.67. The second kappa shape index (κ2) is 9.96. The third-order valence-corrected chi connectivity index (χ3v) is 4.63. The summed E-state index contributed by atoms with van der Waals surface area (Å²) < 4.78 is 10.8. The molecule has 1 unspecified atom stereocenters. The summed E-state index contributed by atoms with van der Waals surface area (Å²) in [5.41, 5.74) is 0. The van der Waals surface area contributed by atoms with Crippen LogP contribution in [0.1, 0.15) is 15.5 Å². The van der Waals surface area contributed by atoms with Crippen molar-refractivity contribution in [1.82, 2.24) is 9.80 Å². The van der Waals surface area contributed by atoms with E-state index in [0.717, 1.165) is 25.4 Å². The molecular weight excluding hydrogens is 324 g/mol. The molecule has 0 saturated carbocycles. The molecule has 134 valence electrons. The van der Waals surface area contributed by atoms with Gasteiger partial charge in [-0.15, -0.1) is 11.3 Å². The zero-order valence-corrected chi connectivity index (χ0v) is 15.6. The first kappa shape index (κ1) is 19.1. The van der Waals surface area contributed by atoms with Crippen LogP contribution in [0, 0.1) is 6.92 Å². The topological polar surface area (TPSA) is 49.1 Å². The van der Waals surface area contributed by atoms with Crippen LogP contribution in [0.2, 0.25) is 0 Å². The second-order valence-electron chi connectivity index (χ2n) is 6.30. The Morgan fingerprint density at radius 3 is 2.71 bits per heavy atom. The van der Waals surface area contributed by atoms with Crippen molar-refractivity contribution in [2.45, 2.75) is 26.2 Å². The van der Waals surface area contributed by atoms with Gasteiger partial charge in [-0.25, -0.2) is 0 Å². The van der Waals surface area contributed by atoms with E-state index in [-0.39, 0.29) is 0 Å². The summed E-state index contributed by atoms with van der Waals surface area (Å²) >= 11 is 1.81. The van der Waals surface area contributed by atoms with E-state index in [1.807, 2.05) is 23.5 Å². The van der Waals surface area contributed by atoms with E-state index in [1.165, 1.54) is 9.75 Å². The van der Waals surface area contributed by atoms with E-state index >= 15 is 0 Å². The first-order valence-electron chi connectivity index (χ1n) is 8.23. The predicted octanol–water partition coefficient (Wildman–Crippen LogP) is 2.59. The van der Waals surface area contributed by atoms with Crippen molar-refractivity contribution in [2.24, 2.45) is 0 Å². The molecule has 0 bridgehead atoms. The highest BCUT2D eigenvalue weighted by atomic mass is 32.1. The van der Waals surface area contributed by atoms with Gasteiger partial charge in [-0.2, -0.15) is 0 Å². The standard InChI is InChI=1S/C18H28N2O3S/c1-15-6-7-18(24-15)12-20(9-8-19(2)3)11-16(21)13-22-14-17-5-4-10-23-17/h4-7,10,16,21H,8-9,11-14H2,1-3H3. The Kier molecular flexibility index (Phi) is 7.94. The third kappa shape index (κ3) is 7.15. The van der Waals surface area contributed by atoms with Crippen LogP contribution < -0.4 is 0 Å². The first-order chi connectivity index (χ1) is 11.5. The molecule has 0 aromatic carbocycles. The maximum absolute atomic E-state index is 10.3. The molecule has 2 aromatic rings. The Morgan fingerprint density at radius 2 is 2.08 bits per heavy atom. The lowest BCUT2D eigenvalue weighted by Gasteiger charge is -2.26. The molecule has 2 rings (SSSR count). The fraction of sp³-hybridized carbons (Fsp3) is 0.556. The van der Waals surface area contributed by atoms with Gasteiger partial charge in [0.2, 0.25) is 0 Å². The normalized spacial score (nSPS) is 13.1. The minimum absolute atomic E-state index is 0.308. The molecule has 24 heavy (non-hydrogen) atoms. The summed E-state index contributed by atoms with van der Waals surface area (Å²) in [4.78, 5) is 7.09. The van der Waals surface area contributed by atoms with Crippen LogP contribution in [-0.4, -0.2) is 61.3 Å². The molecule has 2 aromatic heterocycles. The van der Waals surface area contributed by atoms with Crippen LogP contribution in [0.5, 0.6) is 0 Å². The van der Waals surface area contributed by atoms with Gasteiger partial charge in [0.25, 0.3) is 0 Å². The number of rotatable bonds is 11. The molecule has 0 amide bonds. The van der Waals surface area contributed by atoms with Crippen molar-refractivity contribution in [3.63, 3.8) is 0 Å². The van der Waals surface area contributed by atoms with Crippen LogP contribution in [-0.2, 0) is 17.9 Å². The summed E-state index contributed by atoms with van der Waals surface area (Å²) in [7, 11) is 4.13.